The van der Waals surface area contributed by atoms with Crippen LogP contribution in [-0.4, -0.2) is 71.0 Å². The highest BCUT2D eigenvalue weighted by molar-refractivity contribution is 7.99. The highest BCUT2D eigenvalue weighted by Gasteiger charge is 2.17. The molecule has 0 aliphatic rings. The fraction of sp³-hybridized carbons (Fsp3) is 0.179. The number of carbonyl (C=O) groups excluding carboxylic acids is 2. The summed E-state index contributed by atoms with van der Waals surface area (Å²) in [5, 5.41) is 17.6. The largest absolute Gasteiger partial charge is 0.490 e. The number of carboxylic acid groups (broad SMARTS) is 2. The monoisotopic (exact) mass is 728 g/mol. The molecular weight excluding hydrogens is 693 g/mol. The molecule has 0 saturated carbocycles. The summed E-state index contributed by atoms with van der Waals surface area (Å²) in [5.74, 6) is -1.99. The van der Waals surface area contributed by atoms with Gasteiger partial charge in [0.05, 0.1) is 0 Å². The summed E-state index contributed by atoms with van der Waals surface area (Å²) in [4.78, 5) is 47.9. The molecule has 2 N–H and O–H groups in total. The first-order valence-electron chi connectivity index (χ1n) is 15.7. The van der Waals surface area contributed by atoms with Crippen molar-refractivity contribution < 1.29 is 48.3 Å². The van der Waals surface area contributed by atoms with Gasteiger partial charge in [-0.3, -0.25) is 0 Å². The Labute approximate surface area is 304 Å². The second-order valence-corrected chi connectivity index (χ2v) is 13.0. The van der Waals surface area contributed by atoms with Gasteiger partial charge in [0.2, 0.25) is 0 Å². The van der Waals surface area contributed by atoms with E-state index in [1.54, 1.807) is 0 Å². The lowest BCUT2D eigenvalue weighted by Gasteiger charge is -2.18. The molecule has 0 aliphatic heterocycles. The molecule has 0 amide bonds. The number of hydrogen-bond acceptors (Lipinski definition) is 10. The second-order valence-electron chi connectivity index (χ2n) is 10.8. The Kier molecular flexibility index (Phi) is 15.7. The van der Waals surface area contributed by atoms with E-state index in [9.17, 15) is 19.2 Å². The molecule has 0 saturated heterocycles. The third-order valence-electron chi connectivity index (χ3n) is 6.77. The van der Waals surface area contributed by atoms with E-state index in [2.05, 4.69) is 0 Å². The maximum Gasteiger partial charge on any atom is 0.331 e. The molecule has 0 aliphatic carbocycles. The fourth-order valence-corrected chi connectivity index (χ4v) is 6.14. The van der Waals surface area contributed by atoms with Crippen molar-refractivity contribution in [3.05, 3.63) is 145 Å². The fourth-order valence-electron chi connectivity index (χ4n) is 4.35. The average molecular weight is 729 g/mol. The molecule has 2 unspecified atom stereocenters. The zero-order valence-corrected chi connectivity index (χ0v) is 29.0. The van der Waals surface area contributed by atoms with Crippen LogP contribution in [0.15, 0.2) is 143 Å². The summed E-state index contributed by atoms with van der Waals surface area (Å²) in [6, 6.07) is 34.4. The Morgan fingerprint density at radius 2 is 0.902 bits per heavy atom. The Balaban J connectivity index is 1.28. The summed E-state index contributed by atoms with van der Waals surface area (Å²) in [5.41, 5.74) is 2.08. The van der Waals surface area contributed by atoms with E-state index < -0.39 is 36.1 Å². The molecule has 264 valence electrons. The third kappa shape index (κ3) is 15.3. The minimum absolute atomic E-state index is 0.0807. The van der Waals surface area contributed by atoms with Gasteiger partial charge in [-0.25, -0.2) is 19.2 Å². The molecule has 4 rings (SSSR count). The molecule has 0 radical (unpaired) electrons. The predicted octanol–water partition coefficient (Wildman–Crippen LogP) is 6.72. The van der Waals surface area contributed by atoms with Gasteiger partial charge in [-0.15, -0.1) is 23.5 Å². The van der Waals surface area contributed by atoms with Crippen LogP contribution in [0.4, 0.5) is 0 Å². The van der Waals surface area contributed by atoms with E-state index in [1.165, 1.54) is 23.5 Å². The molecule has 2 atom stereocenters. The molecule has 0 spiro atoms. The van der Waals surface area contributed by atoms with Crippen molar-refractivity contribution in [3.8, 4) is 11.5 Å². The standard InChI is InChI=1S/C39H36O10S2/c40-36(41)19-21-38(44)48-32(26-50-34-7-3-1-4-8-34)24-46-30-15-11-28(12-16-30)23-29-13-17-31(18-14-29)47-25-33(49-39(45)22-20-37(42)43)27-51-35-9-5-2-6-10-35/h1-22,32-33H,23-27H2,(H,40,41)(H,42,43)/b21-19-,22-20-. The normalized spacial score (nSPS) is 12.2. The van der Waals surface area contributed by atoms with Crippen molar-refractivity contribution in [3.63, 3.8) is 0 Å². The van der Waals surface area contributed by atoms with Crippen LogP contribution < -0.4 is 9.47 Å². The van der Waals surface area contributed by atoms with E-state index in [0.717, 1.165) is 45.2 Å². The van der Waals surface area contributed by atoms with Crippen LogP contribution >= 0.6 is 23.5 Å². The van der Waals surface area contributed by atoms with Crippen molar-refractivity contribution in [2.75, 3.05) is 24.7 Å². The van der Waals surface area contributed by atoms with Crippen LogP contribution in [-0.2, 0) is 35.1 Å². The van der Waals surface area contributed by atoms with E-state index in [1.807, 2.05) is 109 Å². The molecule has 0 fully saturated rings. The molecule has 0 bridgehead atoms. The highest BCUT2D eigenvalue weighted by atomic mass is 32.2. The number of ether oxygens (including phenoxy) is 4. The van der Waals surface area contributed by atoms with Gasteiger partial charge in [-0.2, -0.15) is 0 Å². The van der Waals surface area contributed by atoms with Crippen molar-refractivity contribution in [2.45, 2.75) is 28.4 Å². The Morgan fingerprint density at radius 3 is 1.25 bits per heavy atom. The van der Waals surface area contributed by atoms with Crippen LogP contribution in [0.25, 0.3) is 0 Å². The van der Waals surface area contributed by atoms with Crippen LogP contribution in [0.5, 0.6) is 11.5 Å². The highest BCUT2D eigenvalue weighted by Crippen LogP contribution is 2.23. The topological polar surface area (TPSA) is 146 Å². The van der Waals surface area contributed by atoms with E-state index >= 15 is 0 Å². The number of carboxylic acids is 2. The minimum atomic E-state index is -1.24. The Hall–Kier alpha value is -5.46. The number of thioether (sulfide) groups is 2. The van der Waals surface area contributed by atoms with Gasteiger partial charge in [0.15, 0.2) is 0 Å². The van der Waals surface area contributed by atoms with Crippen LogP contribution in [0, 0.1) is 0 Å². The summed E-state index contributed by atoms with van der Waals surface area (Å²) in [7, 11) is 0. The van der Waals surface area contributed by atoms with Gasteiger partial charge in [-0.05, 0) is 66.1 Å². The van der Waals surface area contributed by atoms with Crippen LogP contribution in [0.2, 0.25) is 0 Å². The number of hydrogen-bond donors (Lipinski definition) is 2. The summed E-state index contributed by atoms with van der Waals surface area (Å²) >= 11 is 2.99. The summed E-state index contributed by atoms with van der Waals surface area (Å²) < 4.78 is 22.8. The zero-order chi connectivity index (χ0) is 36.3. The molecule has 0 aromatic heterocycles. The van der Waals surface area contributed by atoms with Crippen molar-refractivity contribution in [1.82, 2.24) is 0 Å². The number of esters is 2. The first-order valence-corrected chi connectivity index (χ1v) is 17.7. The summed E-state index contributed by atoms with van der Waals surface area (Å²) in [6.07, 6.45) is 2.62. The number of rotatable bonds is 20. The zero-order valence-electron chi connectivity index (χ0n) is 27.4. The first-order chi connectivity index (χ1) is 24.7. The second kappa shape index (κ2) is 20.9. The Morgan fingerprint density at radius 1 is 0.529 bits per heavy atom. The molecule has 4 aromatic carbocycles. The molecular formula is C39H36O10S2. The van der Waals surface area contributed by atoms with Gasteiger partial charge >= 0.3 is 23.9 Å². The Bertz CT molecular complexity index is 1630. The van der Waals surface area contributed by atoms with E-state index in [0.29, 0.717) is 29.4 Å². The lowest BCUT2D eigenvalue weighted by molar-refractivity contribution is -0.144. The molecule has 4 aromatic rings. The maximum absolute atomic E-state index is 12.2. The number of aliphatic carboxylic acids is 2. The quantitative estimate of drug-likeness (QED) is 0.0566. The molecule has 51 heavy (non-hydrogen) atoms. The van der Waals surface area contributed by atoms with Gasteiger partial charge in [0.1, 0.15) is 36.9 Å². The van der Waals surface area contributed by atoms with E-state index in [-0.39, 0.29) is 13.2 Å². The molecule has 12 heteroatoms. The lowest BCUT2D eigenvalue weighted by Crippen LogP contribution is -2.27. The third-order valence-corrected chi connectivity index (χ3v) is 9.06. The predicted molar refractivity (Wildman–Crippen MR) is 194 cm³/mol. The van der Waals surface area contributed by atoms with Crippen LogP contribution in [0.3, 0.4) is 0 Å². The molecule has 10 nitrogen and oxygen atoms in total. The van der Waals surface area contributed by atoms with E-state index in [4.69, 9.17) is 29.2 Å². The molecule has 0 heterocycles. The first kappa shape index (κ1) is 38.3. The van der Waals surface area contributed by atoms with Gasteiger partial charge in [0.25, 0.3) is 0 Å². The van der Waals surface area contributed by atoms with Crippen LogP contribution in [0.1, 0.15) is 11.1 Å². The lowest BCUT2D eigenvalue weighted by atomic mass is 10.0. The smallest absolute Gasteiger partial charge is 0.331 e. The minimum Gasteiger partial charge on any atom is -0.490 e. The van der Waals surface area contributed by atoms with Crippen molar-refractivity contribution in [1.29, 1.82) is 0 Å². The van der Waals surface area contributed by atoms with Gasteiger partial charge in [0, 0.05) is 45.6 Å². The van der Waals surface area contributed by atoms with Crippen molar-refractivity contribution >= 4 is 47.4 Å². The van der Waals surface area contributed by atoms with Crippen molar-refractivity contribution in [2.24, 2.45) is 0 Å². The van der Waals surface area contributed by atoms with Gasteiger partial charge < -0.3 is 29.2 Å². The SMILES string of the molecule is O=C(O)/C=C\C(=O)OC(COc1ccc(Cc2ccc(OCC(CSc3ccccc3)OC(=O)/C=C\C(=O)O)cc2)cc1)CSc1ccccc1. The average Bonchev–Trinajstić information content (AvgIpc) is 3.14. The number of benzene rings is 4. The maximum atomic E-state index is 12.2. The summed E-state index contributed by atoms with van der Waals surface area (Å²) in [6.45, 7) is 0.161. The van der Waals surface area contributed by atoms with Gasteiger partial charge in [-0.1, -0.05) is 60.7 Å². The number of carbonyl (C=O) groups is 4.